The van der Waals surface area contributed by atoms with E-state index in [0.29, 0.717) is 30.8 Å². The van der Waals surface area contributed by atoms with E-state index in [9.17, 15) is 18.3 Å². The normalized spacial score (nSPS) is 17.3. The molecule has 7 heteroatoms. The first-order chi connectivity index (χ1) is 10.4. The van der Waals surface area contributed by atoms with Gasteiger partial charge in [-0.1, -0.05) is 13.3 Å². The van der Waals surface area contributed by atoms with Crippen molar-refractivity contribution in [1.82, 2.24) is 0 Å². The van der Waals surface area contributed by atoms with Crippen LogP contribution in [0.2, 0.25) is 0 Å². The SMILES string of the molecule is CCCc1cc(C(=O)O)cc(N2CCCCS2(=O)=O)c1OC. The van der Waals surface area contributed by atoms with Gasteiger partial charge in [-0.3, -0.25) is 4.31 Å². The summed E-state index contributed by atoms with van der Waals surface area (Å²) in [5, 5.41) is 9.29. The molecule has 0 atom stereocenters. The predicted octanol–water partition coefficient (Wildman–Crippen LogP) is 2.28. The minimum Gasteiger partial charge on any atom is -0.494 e. The lowest BCUT2D eigenvalue weighted by atomic mass is 10.0. The first-order valence-corrected chi connectivity index (χ1v) is 8.96. The van der Waals surface area contributed by atoms with Crippen LogP contribution in [0.5, 0.6) is 5.75 Å². The van der Waals surface area contributed by atoms with Gasteiger partial charge in [0.2, 0.25) is 10.0 Å². The van der Waals surface area contributed by atoms with Crippen LogP contribution in [0, 0.1) is 0 Å². The number of rotatable bonds is 5. The summed E-state index contributed by atoms with van der Waals surface area (Å²) in [6, 6.07) is 2.95. The van der Waals surface area contributed by atoms with Crippen LogP contribution in [0.4, 0.5) is 5.69 Å². The molecule has 1 saturated heterocycles. The van der Waals surface area contributed by atoms with Gasteiger partial charge in [0.05, 0.1) is 24.1 Å². The summed E-state index contributed by atoms with van der Waals surface area (Å²) in [6.45, 7) is 2.33. The fourth-order valence-corrected chi connectivity index (χ4v) is 4.36. The Kier molecular flexibility index (Phi) is 4.95. The van der Waals surface area contributed by atoms with E-state index >= 15 is 0 Å². The molecule has 22 heavy (non-hydrogen) atoms. The zero-order chi connectivity index (χ0) is 16.3. The Bertz CT molecular complexity index is 669. The van der Waals surface area contributed by atoms with Crippen LogP contribution in [-0.2, 0) is 16.4 Å². The van der Waals surface area contributed by atoms with Crippen molar-refractivity contribution in [3.8, 4) is 5.75 Å². The topological polar surface area (TPSA) is 83.9 Å². The molecule has 0 bridgehead atoms. The minimum absolute atomic E-state index is 0.0799. The highest BCUT2D eigenvalue weighted by molar-refractivity contribution is 7.92. The standard InChI is InChI=1S/C15H21NO5S/c1-3-6-11-9-12(15(17)18)10-13(14(11)21-2)16-7-4-5-8-22(16,19)20/h9-10H,3-8H2,1-2H3,(H,17,18). The maximum atomic E-state index is 12.3. The molecule has 1 aliphatic rings. The zero-order valence-corrected chi connectivity index (χ0v) is 13.6. The second kappa shape index (κ2) is 6.56. The molecule has 0 spiro atoms. The van der Waals surface area contributed by atoms with Crippen molar-refractivity contribution in [3.05, 3.63) is 23.3 Å². The second-order valence-corrected chi connectivity index (χ2v) is 7.35. The number of carbonyl (C=O) groups is 1. The van der Waals surface area contributed by atoms with E-state index in [2.05, 4.69) is 0 Å². The van der Waals surface area contributed by atoms with Crippen molar-refractivity contribution in [2.24, 2.45) is 0 Å². The zero-order valence-electron chi connectivity index (χ0n) is 12.8. The van der Waals surface area contributed by atoms with Gasteiger partial charge in [0.15, 0.2) is 0 Å². The number of carboxylic acids is 1. The van der Waals surface area contributed by atoms with E-state index < -0.39 is 16.0 Å². The number of sulfonamides is 1. The lowest BCUT2D eigenvalue weighted by Gasteiger charge is -2.30. The quantitative estimate of drug-likeness (QED) is 0.897. The van der Waals surface area contributed by atoms with Gasteiger partial charge >= 0.3 is 5.97 Å². The highest BCUT2D eigenvalue weighted by Crippen LogP contribution is 2.37. The third-order valence-electron chi connectivity index (χ3n) is 3.73. The average molecular weight is 327 g/mol. The maximum Gasteiger partial charge on any atom is 0.335 e. The van der Waals surface area contributed by atoms with Crippen LogP contribution in [0.1, 0.15) is 42.1 Å². The average Bonchev–Trinajstić information content (AvgIpc) is 2.46. The Morgan fingerprint density at radius 1 is 1.36 bits per heavy atom. The first kappa shape index (κ1) is 16.6. The Labute approximate surface area is 130 Å². The van der Waals surface area contributed by atoms with Crippen molar-refractivity contribution in [3.63, 3.8) is 0 Å². The molecule has 0 radical (unpaired) electrons. The van der Waals surface area contributed by atoms with Crippen molar-refractivity contribution in [1.29, 1.82) is 0 Å². The van der Waals surface area contributed by atoms with Crippen molar-refractivity contribution < 1.29 is 23.1 Å². The Balaban J connectivity index is 2.63. The van der Waals surface area contributed by atoms with E-state index in [-0.39, 0.29) is 11.3 Å². The van der Waals surface area contributed by atoms with Gasteiger partial charge in [0, 0.05) is 6.54 Å². The minimum atomic E-state index is -3.42. The number of carboxylic acid groups (broad SMARTS) is 1. The number of nitrogens with zero attached hydrogens (tertiary/aromatic N) is 1. The molecule has 1 N–H and O–H groups in total. The monoisotopic (exact) mass is 327 g/mol. The lowest BCUT2D eigenvalue weighted by molar-refractivity contribution is 0.0696. The second-order valence-electron chi connectivity index (χ2n) is 5.34. The van der Waals surface area contributed by atoms with Gasteiger partial charge in [-0.15, -0.1) is 0 Å². The number of ether oxygens (including phenoxy) is 1. The summed E-state index contributed by atoms with van der Waals surface area (Å²) in [4.78, 5) is 11.3. The van der Waals surface area contributed by atoms with Crippen LogP contribution < -0.4 is 9.04 Å². The maximum absolute atomic E-state index is 12.3. The molecule has 0 aromatic heterocycles. The van der Waals surface area contributed by atoms with Crippen LogP contribution in [0.15, 0.2) is 12.1 Å². The van der Waals surface area contributed by atoms with Gasteiger partial charge in [-0.05, 0) is 37.0 Å². The Morgan fingerprint density at radius 2 is 2.09 bits per heavy atom. The Hall–Kier alpha value is -1.76. The predicted molar refractivity (Wildman–Crippen MR) is 84.3 cm³/mol. The highest BCUT2D eigenvalue weighted by atomic mass is 32.2. The van der Waals surface area contributed by atoms with E-state index in [0.717, 1.165) is 18.4 Å². The summed E-state index contributed by atoms with van der Waals surface area (Å²) in [7, 11) is -1.94. The molecule has 1 aliphatic heterocycles. The summed E-state index contributed by atoms with van der Waals surface area (Å²) < 4.78 is 31.4. The smallest absolute Gasteiger partial charge is 0.335 e. The number of hydrogen-bond acceptors (Lipinski definition) is 4. The molecule has 122 valence electrons. The molecule has 1 aromatic rings. The van der Waals surface area contributed by atoms with Crippen LogP contribution in [0.25, 0.3) is 0 Å². The third-order valence-corrected chi connectivity index (χ3v) is 5.59. The van der Waals surface area contributed by atoms with Gasteiger partial charge in [-0.25, -0.2) is 13.2 Å². The van der Waals surface area contributed by atoms with Gasteiger partial charge in [0.1, 0.15) is 5.75 Å². The molecule has 1 heterocycles. The summed E-state index contributed by atoms with van der Waals surface area (Å²) in [6.07, 6.45) is 2.82. The molecule has 0 unspecified atom stereocenters. The lowest BCUT2D eigenvalue weighted by Crippen LogP contribution is -2.38. The fourth-order valence-electron chi connectivity index (χ4n) is 2.73. The number of methoxy groups -OCH3 is 1. The van der Waals surface area contributed by atoms with Crippen LogP contribution >= 0.6 is 0 Å². The number of benzene rings is 1. The molecule has 1 fully saturated rings. The van der Waals surface area contributed by atoms with Crippen LogP contribution in [0.3, 0.4) is 0 Å². The third kappa shape index (κ3) is 3.19. The number of aryl methyl sites for hydroxylation is 1. The summed E-state index contributed by atoms with van der Waals surface area (Å²) >= 11 is 0. The van der Waals surface area contributed by atoms with E-state index in [1.54, 1.807) is 6.07 Å². The molecule has 1 aromatic carbocycles. The van der Waals surface area contributed by atoms with E-state index in [4.69, 9.17) is 4.74 Å². The number of hydrogen-bond donors (Lipinski definition) is 1. The molecule has 2 rings (SSSR count). The van der Waals surface area contributed by atoms with Crippen molar-refractivity contribution in [2.75, 3.05) is 23.7 Å². The molecular weight excluding hydrogens is 306 g/mol. The summed E-state index contributed by atoms with van der Waals surface area (Å²) in [5.74, 6) is -0.538. The molecule has 6 nitrogen and oxygen atoms in total. The number of aromatic carboxylic acids is 1. The van der Waals surface area contributed by atoms with Gasteiger partial charge < -0.3 is 9.84 Å². The van der Waals surface area contributed by atoms with E-state index in [1.807, 2.05) is 6.92 Å². The van der Waals surface area contributed by atoms with Gasteiger partial charge in [0.25, 0.3) is 0 Å². The van der Waals surface area contributed by atoms with E-state index in [1.165, 1.54) is 17.5 Å². The largest absolute Gasteiger partial charge is 0.494 e. The van der Waals surface area contributed by atoms with Crippen LogP contribution in [-0.4, -0.2) is 38.9 Å². The molecule has 0 saturated carbocycles. The Morgan fingerprint density at radius 3 is 2.64 bits per heavy atom. The molecule has 0 amide bonds. The van der Waals surface area contributed by atoms with Gasteiger partial charge in [-0.2, -0.15) is 0 Å². The molecular formula is C15H21NO5S. The number of anilines is 1. The van der Waals surface area contributed by atoms with Crippen molar-refractivity contribution in [2.45, 2.75) is 32.6 Å². The highest BCUT2D eigenvalue weighted by Gasteiger charge is 2.30. The fraction of sp³-hybridized carbons (Fsp3) is 0.533. The first-order valence-electron chi connectivity index (χ1n) is 7.35. The van der Waals surface area contributed by atoms with Crippen molar-refractivity contribution >= 4 is 21.7 Å². The molecule has 0 aliphatic carbocycles. The summed E-state index contributed by atoms with van der Waals surface area (Å²) in [5.41, 5.74) is 1.14.